The highest BCUT2D eigenvalue weighted by molar-refractivity contribution is 7.15. The monoisotopic (exact) mass is 362 g/mol. The smallest absolute Gasteiger partial charge is 0.130 e. The molecule has 24 heavy (non-hydrogen) atoms. The number of ketones is 1. The van der Waals surface area contributed by atoms with Gasteiger partial charge in [-0.1, -0.05) is 23.7 Å². The fourth-order valence-corrected chi connectivity index (χ4v) is 4.19. The number of hydrogen-bond donors (Lipinski definition) is 0. The van der Waals surface area contributed by atoms with Crippen LogP contribution in [0, 0.1) is 0 Å². The van der Waals surface area contributed by atoms with Crippen molar-refractivity contribution in [1.82, 2.24) is 9.88 Å². The molecule has 0 spiro atoms. The van der Waals surface area contributed by atoms with Crippen LogP contribution in [-0.4, -0.2) is 34.8 Å². The van der Waals surface area contributed by atoms with Gasteiger partial charge in [0.05, 0.1) is 9.88 Å². The summed E-state index contributed by atoms with van der Waals surface area (Å²) in [6.45, 7) is 8.30. The lowest BCUT2D eigenvalue weighted by molar-refractivity contribution is -0.116. The van der Waals surface area contributed by atoms with E-state index in [0.717, 1.165) is 34.1 Å². The van der Waals surface area contributed by atoms with Crippen LogP contribution in [0.2, 0.25) is 5.02 Å². The molecule has 2 aromatic rings. The van der Waals surface area contributed by atoms with E-state index in [1.54, 1.807) is 18.3 Å². The number of benzene rings is 1. The molecule has 0 aliphatic carbocycles. The molecule has 1 aromatic heterocycles. The van der Waals surface area contributed by atoms with Gasteiger partial charge >= 0.3 is 0 Å². The Kier molecular flexibility index (Phi) is 5.38. The van der Waals surface area contributed by atoms with Gasteiger partial charge in [-0.2, -0.15) is 0 Å². The van der Waals surface area contributed by atoms with Gasteiger partial charge in [-0.3, -0.25) is 4.90 Å². The van der Waals surface area contributed by atoms with Gasteiger partial charge in [0.2, 0.25) is 0 Å². The van der Waals surface area contributed by atoms with E-state index in [9.17, 15) is 4.79 Å². The number of aromatic nitrogens is 1. The van der Waals surface area contributed by atoms with E-state index in [0.29, 0.717) is 24.8 Å². The van der Waals surface area contributed by atoms with E-state index in [1.807, 2.05) is 18.3 Å². The van der Waals surface area contributed by atoms with Gasteiger partial charge in [0, 0.05) is 42.7 Å². The first-order chi connectivity index (χ1) is 11.4. The topological polar surface area (TPSA) is 33.2 Å². The van der Waals surface area contributed by atoms with Crippen LogP contribution in [0.15, 0.2) is 24.4 Å². The Hall–Kier alpha value is -1.23. The van der Waals surface area contributed by atoms with Crippen LogP contribution in [0.1, 0.15) is 43.7 Å². The van der Waals surface area contributed by atoms with Crippen LogP contribution < -0.4 is 0 Å². The van der Waals surface area contributed by atoms with Gasteiger partial charge in [-0.15, -0.1) is 11.3 Å². The van der Waals surface area contributed by atoms with Crippen LogP contribution >= 0.6 is 22.9 Å². The number of nitrogens with zero attached hydrogens (tertiary/aromatic N) is 2. The molecule has 1 aliphatic rings. The summed E-state index contributed by atoms with van der Waals surface area (Å²) in [5, 5.41) is 1.96. The van der Waals surface area contributed by atoms with E-state index >= 15 is 0 Å². The summed E-state index contributed by atoms with van der Waals surface area (Å²) in [5.41, 5.74) is 2.14. The predicted molar refractivity (Wildman–Crippen MR) is 101 cm³/mol. The van der Waals surface area contributed by atoms with Crippen molar-refractivity contribution in [3.05, 3.63) is 40.0 Å². The summed E-state index contributed by atoms with van der Waals surface area (Å²) in [4.78, 5) is 19.4. The summed E-state index contributed by atoms with van der Waals surface area (Å²) in [7, 11) is 0. The first-order valence-electron chi connectivity index (χ1n) is 8.42. The molecule has 128 valence electrons. The molecule has 0 N–H and O–H groups in total. The minimum atomic E-state index is 0.193. The van der Waals surface area contributed by atoms with E-state index in [1.165, 1.54) is 5.01 Å². The van der Waals surface area contributed by atoms with Gasteiger partial charge < -0.3 is 4.79 Å². The van der Waals surface area contributed by atoms with Gasteiger partial charge in [0.15, 0.2) is 0 Å². The Labute approximate surface area is 152 Å². The molecule has 0 amide bonds. The molecule has 1 aliphatic heterocycles. The van der Waals surface area contributed by atoms with Crippen molar-refractivity contribution in [3.8, 4) is 10.4 Å². The molecule has 0 atom stereocenters. The van der Waals surface area contributed by atoms with Crippen molar-refractivity contribution >= 4 is 28.7 Å². The molecule has 1 aromatic carbocycles. The zero-order valence-corrected chi connectivity index (χ0v) is 16.0. The lowest BCUT2D eigenvalue weighted by atomic mass is 9.99. The highest BCUT2D eigenvalue weighted by atomic mass is 35.5. The van der Waals surface area contributed by atoms with Crippen molar-refractivity contribution in [2.45, 2.75) is 45.6 Å². The van der Waals surface area contributed by atoms with E-state index in [4.69, 9.17) is 11.6 Å². The number of carbonyl (C=O) groups is 1. The number of likely N-dealkylation sites (tertiary alicyclic amines) is 1. The lowest BCUT2D eigenvalue weighted by Crippen LogP contribution is -2.48. The molecule has 1 fully saturated rings. The Balaban J connectivity index is 1.69. The van der Waals surface area contributed by atoms with Crippen LogP contribution in [-0.2, 0) is 11.2 Å². The first-order valence-corrected chi connectivity index (χ1v) is 9.61. The lowest BCUT2D eigenvalue weighted by Gasteiger charge is -2.41. The van der Waals surface area contributed by atoms with Crippen molar-refractivity contribution in [1.29, 1.82) is 0 Å². The zero-order chi connectivity index (χ0) is 17.3. The molecule has 5 heteroatoms. The van der Waals surface area contributed by atoms with Gasteiger partial charge in [0.25, 0.3) is 0 Å². The maximum Gasteiger partial charge on any atom is 0.130 e. The summed E-state index contributed by atoms with van der Waals surface area (Å²) in [5.74, 6) is 0.759. The number of Topliss-reactive ketones (excluding diaryl/α,β-unsaturated/α-hetero) is 1. The number of aryl methyl sites for hydroxylation is 1. The standard InChI is InChI=1S/C19H23ClN2OS/c1-12(2)22-10-16(11-22)19-21-9-18(24-19)15-7-6-14(17(20)8-15)5-4-13(3)23/h6-9,12,16H,4-5,10-11H2,1-3H3. The highest BCUT2D eigenvalue weighted by Crippen LogP contribution is 2.36. The maximum absolute atomic E-state index is 11.1. The SMILES string of the molecule is CC(=O)CCc1ccc(-c2cnc(C3CN(C(C)C)C3)s2)cc1Cl. The third-order valence-electron chi connectivity index (χ3n) is 4.60. The Bertz CT molecular complexity index is 735. The average molecular weight is 363 g/mol. The highest BCUT2D eigenvalue weighted by Gasteiger charge is 2.31. The number of carbonyl (C=O) groups excluding carboxylic acids is 1. The van der Waals surface area contributed by atoms with E-state index in [-0.39, 0.29) is 5.78 Å². The molecule has 1 saturated heterocycles. The summed E-state index contributed by atoms with van der Waals surface area (Å²) >= 11 is 8.16. The summed E-state index contributed by atoms with van der Waals surface area (Å²) in [6, 6.07) is 6.72. The minimum absolute atomic E-state index is 0.193. The molecule has 0 radical (unpaired) electrons. The van der Waals surface area contributed by atoms with Gasteiger partial charge in [-0.05, 0) is 44.4 Å². The second-order valence-corrected chi connectivity index (χ2v) is 8.28. The van der Waals surface area contributed by atoms with Gasteiger partial charge in [-0.25, -0.2) is 4.98 Å². The fraction of sp³-hybridized carbons (Fsp3) is 0.474. The van der Waals surface area contributed by atoms with Crippen molar-refractivity contribution in [2.75, 3.05) is 13.1 Å². The van der Waals surface area contributed by atoms with Crippen LogP contribution in [0.4, 0.5) is 0 Å². The van der Waals surface area contributed by atoms with Crippen LogP contribution in [0.5, 0.6) is 0 Å². The molecular weight excluding hydrogens is 340 g/mol. The zero-order valence-electron chi connectivity index (χ0n) is 14.4. The third-order valence-corrected chi connectivity index (χ3v) is 6.16. The Morgan fingerprint density at radius 1 is 1.42 bits per heavy atom. The number of thiazole rings is 1. The second kappa shape index (κ2) is 7.34. The number of rotatable bonds is 6. The van der Waals surface area contributed by atoms with Crippen molar-refractivity contribution in [3.63, 3.8) is 0 Å². The quantitative estimate of drug-likeness (QED) is 0.740. The van der Waals surface area contributed by atoms with Crippen LogP contribution in [0.25, 0.3) is 10.4 Å². The molecule has 0 unspecified atom stereocenters. The second-order valence-electron chi connectivity index (χ2n) is 6.82. The molecule has 0 saturated carbocycles. The molecule has 2 heterocycles. The molecule has 3 nitrogen and oxygen atoms in total. The van der Waals surface area contributed by atoms with E-state index < -0.39 is 0 Å². The van der Waals surface area contributed by atoms with Crippen LogP contribution in [0.3, 0.4) is 0 Å². The van der Waals surface area contributed by atoms with Crippen molar-refractivity contribution in [2.24, 2.45) is 0 Å². The fourth-order valence-electron chi connectivity index (χ4n) is 2.91. The third kappa shape index (κ3) is 3.88. The van der Waals surface area contributed by atoms with E-state index in [2.05, 4.69) is 29.8 Å². The summed E-state index contributed by atoms with van der Waals surface area (Å²) in [6.07, 6.45) is 3.20. The Morgan fingerprint density at radius 3 is 2.79 bits per heavy atom. The average Bonchev–Trinajstić information content (AvgIpc) is 2.93. The largest absolute Gasteiger partial charge is 0.300 e. The Morgan fingerprint density at radius 2 is 2.17 bits per heavy atom. The number of halogens is 1. The molecular formula is C19H23ClN2OS. The minimum Gasteiger partial charge on any atom is -0.300 e. The molecule has 3 rings (SSSR count). The van der Waals surface area contributed by atoms with Gasteiger partial charge in [0.1, 0.15) is 5.78 Å². The van der Waals surface area contributed by atoms with Crippen molar-refractivity contribution < 1.29 is 4.79 Å². The molecule has 0 bridgehead atoms. The predicted octanol–water partition coefficient (Wildman–Crippen LogP) is 4.79. The summed E-state index contributed by atoms with van der Waals surface area (Å²) < 4.78 is 0. The maximum atomic E-state index is 11.1. The number of hydrogen-bond acceptors (Lipinski definition) is 4. The first kappa shape index (κ1) is 17.6. The normalized spacial score (nSPS) is 15.7.